The molecule has 3 nitrogen and oxygen atoms in total. The lowest BCUT2D eigenvalue weighted by molar-refractivity contribution is 0.0898. The number of hydrogen-bond donors (Lipinski definition) is 3. The Bertz CT molecular complexity index is 421. The fraction of sp³-hybridized carbons (Fsp3) is 0.600. The van der Waals surface area contributed by atoms with E-state index < -0.39 is 11.6 Å². The van der Waals surface area contributed by atoms with Crippen molar-refractivity contribution in [1.82, 2.24) is 5.32 Å². The van der Waals surface area contributed by atoms with Crippen LogP contribution in [-0.4, -0.2) is 28.4 Å². The summed E-state index contributed by atoms with van der Waals surface area (Å²) in [5, 5.41) is 22.9. The van der Waals surface area contributed by atoms with E-state index in [1.807, 2.05) is 20.8 Å². The molecule has 0 bridgehead atoms. The molecule has 1 aromatic carbocycles. The maximum atomic E-state index is 13.2. The molecule has 0 saturated carbocycles. The van der Waals surface area contributed by atoms with Gasteiger partial charge < -0.3 is 15.5 Å². The fourth-order valence-electron chi connectivity index (χ4n) is 2.04. The van der Waals surface area contributed by atoms with Crippen LogP contribution in [0, 0.1) is 12.7 Å². The molecular formula is C15H24FNO2. The van der Waals surface area contributed by atoms with E-state index in [2.05, 4.69) is 5.32 Å². The SMILES string of the molecule is CCC(NC(C)(C)CO)C(O)c1ccc(F)c(C)c1. The molecule has 2 atom stereocenters. The number of benzene rings is 1. The van der Waals surface area contributed by atoms with E-state index in [4.69, 9.17) is 0 Å². The molecule has 0 heterocycles. The second kappa shape index (κ2) is 6.46. The number of rotatable bonds is 6. The summed E-state index contributed by atoms with van der Waals surface area (Å²) >= 11 is 0. The van der Waals surface area contributed by atoms with Crippen LogP contribution in [0.4, 0.5) is 4.39 Å². The second-order valence-electron chi connectivity index (χ2n) is 5.65. The smallest absolute Gasteiger partial charge is 0.126 e. The standard InChI is InChI=1S/C15H24FNO2/c1-5-13(17-15(3,4)9-18)14(19)11-6-7-12(16)10(2)8-11/h6-8,13-14,17-19H,5,9H2,1-4H3. The van der Waals surface area contributed by atoms with E-state index in [-0.39, 0.29) is 18.5 Å². The Labute approximate surface area is 114 Å². The van der Waals surface area contributed by atoms with Crippen LogP contribution < -0.4 is 5.32 Å². The van der Waals surface area contributed by atoms with Crippen molar-refractivity contribution in [3.63, 3.8) is 0 Å². The van der Waals surface area contributed by atoms with Gasteiger partial charge in [-0.05, 0) is 44.4 Å². The van der Waals surface area contributed by atoms with Gasteiger partial charge in [0.1, 0.15) is 5.82 Å². The van der Waals surface area contributed by atoms with Gasteiger partial charge in [0.05, 0.1) is 12.7 Å². The molecule has 0 aliphatic heterocycles. The molecule has 1 aromatic rings. The largest absolute Gasteiger partial charge is 0.394 e. The maximum absolute atomic E-state index is 13.2. The monoisotopic (exact) mass is 269 g/mol. The van der Waals surface area contributed by atoms with E-state index >= 15 is 0 Å². The summed E-state index contributed by atoms with van der Waals surface area (Å²) in [7, 11) is 0. The molecule has 108 valence electrons. The minimum Gasteiger partial charge on any atom is -0.394 e. The first-order chi connectivity index (χ1) is 8.80. The molecule has 4 heteroatoms. The van der Waals surface area contributed by atoms with Crippen molar-refractivity contribution in [2.75, 3.05) is 6.61 Å². The molecule has 0 fully saturated rings. The molecule has 0 aliphatic rings. The number of aryl methyl sites for hydroxylation is 1. The predicted molar refractivity (Wildman–Crippen MR) is 74.5 cm³/mol. The topological polar surface area (TPSA) is 52.5 Å². The lowest BCUT2D eigenvalue weighted by atomic mass is 9.95. The molecule has 0 spiro atoms. The quantitative estimate of drug-likeness (QED) is 0.743. The molecule has 19 heavy (non-hydrogen) atoms. The Hall–Kier alpha value is -0.970. The highest BCUT2D eigenvalue weighted by atomic mass is 19.1. The van der Waals surface area contributed by atoms with Crippen molar-refractivity contribution in [3.8, 4) is 0 Å². The molecule has 1 rings (SSSR count). The van der Waals surface area contributed by atoms with Crippen LogP contribution >= 0.6 is 0 Å². The Kier molecular flexibility index (Phi) is 5.47. The third-order valence-electron chi connectivity index (χ3n) is 3.32. The van der Waals surface area contributed by atoms with Gasteiger partial charge in [0.2, 0.25) is 0 Å². The summed E-state index contributed by atoms with van der Waals surface area (Å²) in [4.78, 5) is 0. The van der Waals surface area contributed by atoms with Crippen LogP contribution in [0.1, 0.15) is 44.4 Å². The van der Waals surface area contributed by atoms with Crippen LogP contribution in [0.15, 0.2) is 18.2 Å². The average Bonchev–Trinajstić information content (AvgIpc) is 2.38. The van der Waals surface area contributed by atoms with Crippen LogP contribution in [0.2, 0.25) is 0 Å². The van der Waals surface area contributed by atoms with Gasteiger partial charge in [-0.25, -0.2) is 4.39 Å². The van der Waals surface area contributed by atoms with Crippen molar-refractivity contribution in [2.45, 2.75) is 51.8 Å². The molecule has 0 amide bonds. The zero-order valence-corrected chi connectivity index (χ0v) is 12.1. The lowest BCUT2D eigenvalue weighted by Crippen LogP contribution is -2.50. The Morgan fingerprint density at radius 3 is 2.47 bits per heavy atom. The van der Waals surface area contributed by atoms with Crippen molar-refractivity contribution < 1.29 is 14.6 Å². The van der Waals surface area contributed by atoms with Gasteiger partial charge in [0, 0.05) is 11.6 Å². The number of hydrogen-bond acceptors (Lipinski definition) is 3. The van der Waals surface area contributed by atoms with Gasteiger partial charge >= 0.3 is 0 Å². The average molecular weight is 269 g/mol. The van der Waals surface area contributed by atoms with Crippen molar-refractivity contribution in [1.29, 1.82) is 0 Å². The Balaban J connectivity index is 2.89. The Morgan fingerprint density at radius 1 is 1.37 bits per heavy atom. The van der Waals surface area contributed by atoms with E-state index in [9.17, 15) is 14.6 Å². The number of aliphatic hydroxyl groups excluding tert-OH is 2. The minimum atomic E-state index is -0.727. The van der Waals surface area contributed by atoms with Gasteiger partial charge in [-0.15, -0.1) is 0 Å². The van der Waals surface area contributed by atoms with Crippen LogP contribution in [-0.2, 0) is 0 Å². The van der Waals surface area contributed by atoms with Crippen molar-refractivity contribution in [3.05, 3.63) is 35.1 Å². The van der Waals surface area contributed by atoms with Crippen LogP contribution in [0.25, 0.3) is 0 Å². The van der Waals surface area contributed by atoms with E-state index in [1.54, 1.807) is 19.1 Å². The van der Waals surface area contributed by atoms with Crippen LogP contribution in [0.3, 0.4) is 0 Å². The molecule has 2 unspecified atom stereocenters. The molecule has 0 saturated heterocycles. The summed E-state index contributed by atoms with van der Waals surface area (Å²) in [5.41, 5.74) is 0.747. The number of aliphatic hydroxyl groups is 2. The molecule has 0 radical (unpaired) electrons. The van der Waals surface area contributed by atoms with Gasteiger partial charge in [0.25, 0.3) is 0 Å². The summed E-state index contributed by atoms with van der Waals surface area (Å²) in [6.07, 6.45) is -0.0174. The summed E-state index contributed by atoms with van der Waals surface area (Å²) in [6.45, 7) is 7.37. The summed E-state index contributed by atoms with van der Waals surface area (Å²) in [5.74, 6) is -0.271. The van der Waals surface area contributed by atoms with Crippen molar-refractivity contribution >= 4 is 0 Å². The number of halogens is 1. The first kappa shape index (κ1) is 16.1. The minimum absolute atomic E-state index is 0.0152. The number of nitrogens with one attached hydrogen (secondary N) is 1. The predicted octanol–water partition coefficient (Wildman–Crippen LogP) is 2.31. The van der Waals surface area contributed by atoms with E-state index in [0.717, 1.165) is 0 Å². The third kappa shape index (κ3) is 4.27. The normalized spacial score (nSPS) is 15.3. The molecule has 0 aliphatic carbocycles. The highest BCUT2D eigenvalue weighted by Crippen LogP contribution is 2.22. The van der Waals surface area contributed by atoms with Gasteiger partial charge in [-0.3, -0.25) is 0 Å². The molecule has 0 aromatic heterocycles. The van der Waals surface area contributed by atoms with Gasteiger partial charge in [-0.2, -0.15) is 0 Å². The Morgan fingerprint density at radius 2 is 2.00 bits per heavy atom. The molecular weight excluding hydrogens is 245 g/mol. The van der Waals surface area contributed by atoms with Crippen LogP contribution in [0.5, 0.6) is 0 Å². The van der Waals surface area contributed by atoms with Crippen molar-refractivity contribution in [2.24, 2.45) is 0 Å². The summed E-state index contributed by atoms with van der Waals surface area (Å²) in [6, 6.07) is 4.45. The first-order valence-corrected chi connectivity index (χ1v) is 6.63. The third-order valence-corrected chi connectivity index (χ3v) is 3.32. The highest BCUT2D eigenvalue weighted by molar-refractivity contribution is 5.26. The van der Waals surface area contributed by atoms with E-state index in [0.29, 0.717) is 17.5 Å². The maximum Gasteiger partial charge on any atom is 0.126 e. The summed E-state index contributed by atoms with van der Waals surface area (Å²) < 4.78 is 13.2. The lowest BCUT2D eigenvalue weighted by Gasteiger charge is -2.32. The first-order valence-electron chi connectivity index (χ1n) is 6.63. The van der Waals surface area contributed by atoms with Gasteiger partial charge in [0.15, 0.2) is 0 Å². The zero-order valence-electron chi connectivity index (χ0n) is 12.1. The van der Waals surface area contributed by atoms with E-state index in [1.165, 1.54) is 6.07 Å². The highest BCUT2D eigenvalue weighted by Gasteiger charge is 2.26. The zero-order chi connectivity index (χ0) is 14.6. The second-order valence-corrected chi connectivity index (χ2v) is 5.65. The molecule has 3 N–H and O–H groups in total. The fourth-order valence-corrected chi connectivity index (χ4v) is 2.04. The van der Waals surface area contributed by atoms with Gasteiger partial charge in [-0.1, -0.05) is 19.1 Å².